The highest BCUT2D eigenvalue weighted by molar-refractivity contribution is 4.78. The molecule has 1 N–H and O–H groups in total. The van der Waals surface area contributed by atoms with Crippen molar-refractivity contribution in [2.45, 2.75) is 46.6 Å². The van der Waals surface area contributed by atoms with E-state index in [-0.39, 0.29) is 0 Å². The van der Waals surface area contributed by atoms with Gasteiger partial charge in [-0.15, -0.1) is 0 Å². The van der Waals surface area contributed by atoms with Gasteiger partial charge in [-0.3, -0.25) is 0 Å². The third-order valence-electron chi connectivity index (χ3n) is 3.01. The van der Waals surface area contributed by atoms with Crippen molar-refractivity contribution in [1.29, 1.82) is 0 Å². The first-order valence-electron chi connectivity index (χ1n) is 5.97. The molecule has 1 aliphatic rings. The van der Waals surface area contributed by atoms with Gasteiger partial charge in [-0.05, 0) is 24.8 Å². The van der Waals surface area contributed by atoms with E-state index in [2.05, 4.69) is 37.9 Å². The second-order valence-electron chi connectivity index (χ2n) is 5.67. The largest absolute Gasteiger partial charge is 0.311 e. The lowest BCUT2D eigenvalue weighted by Gasteiger charge is -2.34. The number of piperazine rings is 1. The summed E-state index contributed by atoms with van der Waals surface area (Å²) in [7, 11) is 0. The van der Waals surface area contributed by atoms with Crippen LogP contribution in [0.25, 0.3) is 0 Å². The number of rotatable bonds is 3. The van der Waals surface area contributed by atoms with E-state index < -0.39 is 0 Å². The Morgan fingerprint density at radius 1 is 1.36 bits per heavy atom. The molecule has 1 heterocycles. The van der Waals surface area contributed by atoms with Gasteiger partial charge in [0.15, 0.2) is 0 Å². The highest BCUT2D eigenvalue weighted by Gasteiger charge is 2.19. The first-order chi connectivity index (χ1) is 6.51. The second kappa shape index (κ2) is 5.13. The van der Waals surface area contributed by atoms with Crippen LogP contribution >= 0.6 is 0 Å². The van der Waals surface area contributed by atoms with E-state index in [0.717, 1.165) is 6.04 Å². The van der Waals surface area contributed by atoms with Gasteiger partial charge in [-0.2, -0.15) is 0 Å². The summed E-state index contributed by atoms with van der Waals surface area (Å²) in [6.45, 7) is 14.2. The topological polar surface area (TPSA) is 15.3 Å². The van der Waals surface area contributed by atoms with Crippen LogP contribution in [-0.4, -0.2) is 37.1 Å². The number of hydrogen-bond acceptors (Lipinski definition) is 2. The Kier molecular flexibility index (Phi) is 4.39. The van der Waals surface area contributed by atoms with Gasteiger partial charge < -0.3 is 10.2 Å². The van der Waals surface area contributed by atoms with Gasteiger partial charge in [0.25, 0.3) is 0 Å². The molecule has 0 saturated carbocycles. The van der Waals surface area contributed by atoms with Crippen LogP contribution in [0, 0.1) is 5.41 Å². The second-order valence-corrected chi connectivity index (χ2v) is 5.67. The van der Waals surface area contributed by atoms with Crippen LogP contribution in [0.2, 0.25) is 0 Å². The van der Waals surface area contributed by atoms with Gasteiger partial charge in [-0.25, -0.2) is 0 Å². The Morgan fingerprint density at radius 2 is 2.07 bits per heavy atom. The lowest BCUT2D eigenvalue weighted by atomic mass is 9.92. The van der Waals surface area contributed by atoms with E-state index in [1.165, 1.54) is 39.0 Å². The van der Waals surface area contributed by atoms with Crippen LogP contribution in [-0.2, 0) is 0 Å². The van der Waals surface area contributed by atoms with Gasteiger partial charge in [0.2, 0.25) is 0 Å². The van der Waals surface area contributed by atoms with Crippen LogP contribution in [0.4, 0.5) is 0 Å². The summed E-state index contributed by atoms with van der Waals surface area (Å²) >= 11 is 0. The SMILES string of the molecule is CCC1CN(CCC(C)(C)C)CCN1. The van der Waals surface area contributed by atoms with Crippen LogP contribution in [0.1, 0.15) is 40.5 Å². The summed E-state index contributed by atoms with van der Waals surface area (Å²) in [4.78, 5) is 2.61. The smallest absolute Gasteiger partial charge is 0.0192 e. The monoisotopic (exact) mass is 198 g/mol. The number of nitrogens with zero attached hydrogens (tertiary/aromatic N) is 1. The fourth-order valence-corrected chi connectivity index (χ4v) is 1.86. The summed E-state index contributed by atoms with van der Waals surface area (Å²) in [6, 6.07) is 0.726. The van der Waals surface area contributed by atoms with E-state index in [9.17, 15) is 0 Å². The third kappa shape index (κ3) is 4.43. The van der Waals surface area contributed by atoms with Crippen molar-refractivity contribution in [2.24, 2.45) is 5.41 Å². The molecule has 0 radical (unpaired) electrons. The third-order valence-corrected chi connectivity index (χ3v) is 3.01. The number of hydrogen-bond donors (Lipinski definition) is 1. The Balaban J connectivity index is 2.24. The van der Waals surface area contributed by atoms with E-state index >= 15 is 0 Å². The molecule has 1 saturated heterocycles. The molecule has 1 atom stereocenters. The van der Waals surface area contributed by atoms with Crippen LogP contribution < -0.4 is 5.32 Å². The van der Waals surface area contributed by atoms with E-state index in [1.807, 2.05) is 0 Å². The van der Waals surface area contributed by atoms with E-state index in [4.69, 9.17) is 0 Å². The quantitative estimate of drug-likeness (QED) is 0.747. The molecule has 1 fully saturated rings. The van der Waals surface area contributed by atoms with Gasteiger partial charge >= 0.3 is 0 Å². The van der Waals surface area contributed by atoms with E-state index in [1.54, 1.807) is 0 Å². The fourth-order valence-electron chi connectivity index (χ4n) is 1.86. The Bertz CT molecular complexity index is 160. The van der Waals surface area contributed by atoms with E-state index in [0.29, 0.717) is 5.41 Å². The lowest BCUT2D eigenvalue weighted by molar-refractivity contribution is 0.173. The normalized spacial score (nSPS) is 25.3. The van der Waals surface area contributed by atoms with Crippen molar-refractivity contribution < 1.29 is 0 Å². The maximum Gasteiger partial charge on any atom is 0.0192 e. The van der Waals surface area contributed by atoms with Gasteiger partial charge in [0.05, 0.1) is 0 Å². The molecule has 0 bridgehead atoms. The Hall–Kier alpha value is -0.0800. The zero-order chi connectivity index (χ0) is 10.6. The molecule has 0 aromatic rings. The van der Waals surface area contributed by atoms with Crippen molar-refractivity contribution in [1.82, 2.24) is 10.2 Å². The maximum atomic E-state index is 3.55. The summed E-state index contributed by atoms with van der Waals surface area (Å²) in [5.41, 5.74) is 0.479. The molecule has 0 spiro atoms. The predicted molar refractivity (Wildman–Crippen MR) is 62.6 cm³/mol. The Morgan fingerprint density at radius 3 is 2.64 bits per heavy atom. The molecule has 84 valence electrons. The summed E-state index contributed by atoms with van der Waals surface area (Å²) in [5.74, 6) is 0. The molecule has 0 aromatic carbocycles. The highest BCUT2D eigenvalue weighted by atomic mass is 15.2. The van der Waals surface area contributed by atoms with Crippen LogP contribution in [0.15, 0.2) is 0 Å². The van der Waals surface area contributed by atoms with Crippen molar-refractivity contribution in [3.63, 3.8) is 0 Å². The average molecular weight is 198 g/mol. The van der Waals surface area contributed by atoms with Gasteiger partial charge in [0, 0.05) is 25.7 Å². The molecule has 0 amide bonds. The molecule has 1 aliphatic heterocycles. The molecule has 1 unspecified atom stereocenters. The fraction of sp³-hybridized carbons (Fsp3) is 1.00. The highest BCUT2D eigenvalue weighted by Crippen LogP contribution is 2.19. The first kappa shape index (κ1) is 12.0. The van der Waals surface area contributed by atoms with Crippen molar-refractivity contribution in [3.8, 4) is 0 Å². The molecule has 0 aliphatic carbocycles. The van der Waals surface area contributed by atoms with Crippen LogP contribution in [0.5, 0.6) is 0 Å². The minimum Gasteiger partial charge on any atom is -0.311 e. The number of nitrogens with one attached hydrogen (secondary N) is 1. The minimum absolute atomic E-state index is 0.479. The standard InChI is InChI=1S/C12H26N2/c1-5-11-10-14(9-7-13-11)8-6-12(2,3)4/h11,13H,5-10H2,1-4H3. The average Bonchev–Trinajstić information content (AvgIpc) is 2.14. The molecule has 1 rings (SSSR count). The zero-order valence-electron chi connectivity index (χ0n) is 10.3. The summed E-state index contributed by atoms with van der Waals surface area (Å²) < 4.78 is 0. The molecular formula is C12H26N2. The van der Waals surface area contributed by atoms with Crippen LogP contribution in [0.3, 0.4) is 0 Å². The van der Waals surface area contributed by atoms with Crippen molar-refractivity contribution >= 4 is 0 Å². The van der Waals surface area contributed by atoms with Crippen molar-refractivity contribution in [2.75, 3.05) is 26.2 Å². The Labute approximate surface area is 89.1 Å². The summed E-state index contributed by atoms with van der Waals surface area (Å²) in [5, 5.41) is 3.55. The maximum absolute atomic E-state index is 3.55. The van der Waals surface area contributed by atoms with Gasteiger partial charge in [-0.1, -0.05) is 27.7 Å². The molecular weight excluding hydrogens is 172 g/mol. The molecule has 0 aromatic heterocycles. The van der Waals surface area contributed by atoms with Gasteiger partial charge in [0.1, 0.15) is 0 Å². The zero-order valence-corrected chi connectivity index (χ0v) is 10.3. The lowest BCUT2D eigenvalue weighted by Crippen LogP contribution is -2.50. The molecule has 14 heavy (non-hydrogen) atoms. The minimum atomic E-state index is 0.479. The first-order valence-corrected chi connectivity index (χ1v) is 5.97. The van der Waals surface area contributed by atoms with Crippen molar-refractivity contribution in [3.05, 3.63) is 0 Å². The summed E-state index contributed by atoms with van der Waals surface area (Å²) in [6.07, 6.45) is 2.56. The predicted octanol–water partition coefficient (Wildman–Crippen LogP) is 2.11. The molecule has 2 nitrogen and oxygen atoms in total. The molecule has 2 heteroatoms.